The molecule has 0 bridgehead atoms. The van der Waals surface area contributed by atoms with E-state index in [1.165, 1.54) is 12.2 Å². The Morgan fingerprint density at radius 1 is 1.33 bits per heavy atom. The van der Waals surface area contributed by atoms with E-state index >= 15 is 0 Å². The summed E-state index contributed by atoms with van der Waals surface area (Å²) in [6.07, 6.45) is 3.44. The lowest BCUT2D eigenvalue weighted by Crippen LogP contribution is -1.79. The maximum atomic E-state index is 9.92. The van der Waals surface area contributed by atoms with Crippen LogP contribution in [0.25, 0.3) is 0 Å². The van der Waals surface area contributed by atoms with Gasteiger partial charge >= 0.3 is 0 Å². The summed E-state index contributed by atoms with van der Waals surface area (Å²) in [6.45, 7) is 2.19. The van der Waals surface area contributed by atoms with Crippen molar-refractivity contribution in [3.05, 3.63) is 29.2 Å². The molecule has 15 heavy (non-hydrogen) atoms. The highest BCUT2D eigenvalue weighted by Gasteiger charge is 1.90. The highest BCUT2D eigenvalue weighted by Crippen LogP contribution is 2.16. The summed E-state index contributed by atoms with van der Waals surface area (Å²) in [4.78, 5) is 9.92. The van der Waals surface area contributed by atoms with Crippen molar-refractivity contribution < 1.29 is 4.74 Å². The summed E-state index contributed by atoms with van der Waals surface area (Å²) < 4.78 is 4.87. The monoisotopic (exact) mass is 227 g/mol. The molecule has 0 radical (unpaired) electrons. The number of hydrogen-bond donors (Lipinski definition) is 0. The predicted octanol–water partition coefficient (Wildman–Crippen LogP) is 3.85. The molecule has 1 aromatic rings. The standard InChI is InChI=1S/C7H7NO2.C4H10S/c1-10-7-4-2-6(8-9)3-5-7;1-3-4-5-2/h2-5H,1H3;3-4H2,1-2H3. The number of rotatable bonds is 4. The van der Waals surface area contributed by atoms with Crippen molar-refractivity contribution in [3.8, 4) is 5.75 Å². The summed E-state index contributed by atoms with van der Waals surface area (Å²) in [6, 6.07) is 6.59. The van der Waals surface area contributed by atoms with Crippen LogP contribution in [0.1, 0.15) is 13.3 Å². The Morgan fingerprint density at radius 3 is 2.20 bits per heavy atom. The Morgan fingerprint density at radius 2 is 1.93 bits per heavy atom. The van der Waals surface area contributed by atoms with E-state index in [0.29, 0.717) is 5.69 Å². The van der Waals surface area contributed by atoms with Gasteiger partial charge in [-0.1, -0.05) is 6.92 Å². The van der Waals surface area contributed by atoms with Crippen LogP contribution in [0.15, 0.2) is 29.4 Å². The highest BCUT2D eigenvalue weighted by atomic mass is 32.2. The Labute approximate surface area is 95.2 Å². The molecule has 0 aromatic heterocycles. The van der Waals surface area contributed by atoms with Crippen LogP contribution in [0.5, 0.6) is 5.75 Å². The Bertz CT molecular complexity index is 260. The molecule has 3 nitrogen and oxygen atoms in total. The minimum Gasteiger partial charge on any atom is -0.497 e. The van der Waals surface area contributed by atoms with E-state index in [4.69, 9.17) is 4.74 Å². The molecule has 0 unspecified atom stereocenters. The topological polar surface area (TPSA) is 38.7 Å². The zero-order valence-corrected chi connectivity index (χ0v) is 10.2. The maximum absolute atomic E-state index is 9.92. The molecule has 1 aromatic carbocycles. The van der Waals surface area contributed by atoms with Gasteiger partial charge < -0.3 is 4.74 Å². The molecular formula is C11H17NO2S. The van der Waals surface area contributed by atoms with E-state index in [2.05, 4.69) is 18.4 Å². The number of benzene rings is 1. The average molecular weight is 227 g/mol. The lowest BCUT2D eigenvalue weighted by atomic mass is 10.3. The summed E-state index contributed by atoms with van der Waals surface area (Å²) in [7, 11) is 1.57. The van der Waals surface area contributed by atoms with Gasteiger partial charge in [-0.05, 0) is 47.9 Å². The van der Waals surface area contributed by atoms with Crippen molar-refractivity contribution in [2.45, 2.75) is 13.3 Å². The molecular weight excluding hydrogens is 210 g/mol. The van der Waals surface area contributed by atoms with Crippen molar-refractivity contribution in [2.75, 3.05) is 19.1 Å². The first-order valence-electron chi connectivity index (χ1n) is 4.74. The average Bonchev–Trinajstić information content (AvgIpc) is 2.31. The first-order valence-corrected chi connectivity index (χ1v) is 6.14. The third kappa shape index (κ3) is 6.96. The SMILES string of the molecule is CCCSC.COc1ccc(N=O)cc1. The predicted molar refractivity (Wildman–Crippen MR) is 67.1 cm³/mol. The molecule has 0 aliphatic carbocycles. The second kappa shape index (κ2) is 9.52. The molecule has 84 valence electrons. The molecule has 0 atom stereocenters. The second-order valence-electron chi connectivity index (χ2n) is 2.78. The number of methoxy groups -OCH3 is 1. The zero-order valence-electron chi connectivity index (χ0n) is 9.40. The Hall–Kier alpha value is -1.03. The third-order valence-corrected chi connectivity index (χ3v) is 2.40. The van der Waals surface area contributed by atoms with E-state index in [1.54, 1.807) is 31.4 Å². The molecule has 0 spiro atoms. The fourth-order valence-electron chi connectivity index (χ4n) is 0.847. The summed E-state index contributed by atoms with van der Waals surface area (Å²) >= 11 is 1.90. The largest absolute Gasteiger partial charge is 0.497 e. The van der Waals surface area contributed by atoms with Gasteiger partial charge in [0, 0.05) is 0 Å². The first-order chi connectivity index (χ1) is 7.28. The zero-order chi connectivity index (χ0) is 11.5. The van der Waals surface area contributed by atoms with Crippen molar-refractivity contribution >= 4 is 17.4 Å². The van der Waals surface area contributed by atoms with Crippen molar-refractivity contribution in [1.82, 2.24) is 0 Å². The van der Waals surface area contributed by atoms with Gasteiger partial charge in [0.2, 0.25) is 0 Å². The number of nitroso groups, excluding NO2 is 1. The van der Waals surface area contributed by atoms with E-state index < -0.39 is 0 Å². The molecule has 0 aliphatic heterocycles. The van der Waals surface area contributed by atoms with Gasteiger partial charge in [0.25, 0.3) is 0 Å². The minimum absolute atomic E-state index is 0.417. The molecule has 0 aliphatic rings. The molecule has 4 heteroatoms. The van der Waals surface area contributed by atoms with Crippen molar-refractivity contribution in [2.24, 2.45) is 5.18 Å². The van der Waals surface area contributed by atoms with E-state index in [1.807, 2.05) is 11.8 Å². The minimum atomic E-state index is 0.417. The van der Waals surface area contributed by atoms with Gasteiger partial charge in [0.15, 0.2) is 0 Å². The van der Waals surface area contributed by atoms with Crippen LogP contribution in [0, 0.1) is 4.91 Å². The van der Waals surface area contributed by atoms with Gasteiger partial charge in [-0.15, -0.1) is 4.91 Å². The fourth-order valence-corrected chi connectivity index (χ4v) is 1.26. The van der Waals surface area contributed by atoms with Gasteiger partial charge in [0.05, 0.1) is 7.11 Å². The summed E-state index contributed by atoms with van der Waals surface area (Å²) in [5.74, 6) is 2.03. The highest BCUT2D eigenvalue weighted by molar-refractivity contribution is 7.98. The van der Waals surface area contributed by atoms with E-state index in [9.17, 15) is 4.91 Å². The van der Waals surface area contributed by atoms with Gasteiger partial charge in [0.1, 0.15) is 11.4 Å². The van der Waals surface area contributed by atoms with Crippen LogP contribution in [0.3, 0.4) is 0 Å². The first kappa shape index (κ1) is 14.0. The van der Waals surface area contributed by atoms with Crippen LogP contribution < -0.4 is 4.74 Å². The van der Waals surface area contributed by atoms with Crippen LogP contribution in [-0.2, 0) is 0 Å². The van der Waals surface area contributed by atoms with E-state index in [0.717, 1.165) is 5.75 Å². The molecule has 1 rings (SSSR count). The van der Waals surface area contributed by atoms with Gasteiger partial charge in [-0.2, -0.15) is 11.8 Å². The number of thioether (sulfide) groups is 1. The summed E-state index contributed by atoms with van der Waals surface area (Å²) in [5, 5.41) is 2.74. The maximum Gasteiger partial charge on any atom is 0.119 e. The smallest absolute Gasteiger partial charge is 0.119 e. The van der Waals surface area contributed by atoms with Crippen molar-refractivity contribution in [1.29, 1.82) is 0 Å². The van der Waals surface area contributed by atoms with Crippen LogP contribution in [0.4, 0.5) is 5.69 Å². The fraction of sp³-hybridized carbons (Fsp3) is 0.455. The molecule has 0 amide bonds. The molecule has 0 fully saturated rings. The van der Waals surface area contributed by atoms with Crippen molar-refractivity contribution in [3.63, 3.8) is 0 Å². The lowest BCUT2D eigenvalue weighted by Gasteiger charge is -1.96. The normalized spacial score (nSPS) is 8.73. The molecule has 0 saturated carbocycles. The number of ether oxygens (including phenoxy) is 1. The molecule has 0 heterocycles. The quantitative estimate of drug-likeness (QED) is 0.733. The molecule has 0 saturated heterocycles. The number of nitrogens with zero attached hydrogens (tertiary/aromatic N) is 1. The lowest BCUT2D eigenvalue weighted by molar-refractivity contribution is 0.415. The second-order valence-corrected chi connectivity index (χ2v) is 3.77. The number of hydrogen-bond acceptors (Lipinski definition) is 4. The Balaban J connectivity index is 0.000000336. The van der Waals surface area contributed by atoms with E-state index in [-0.39, 0.29) is 0 Å². The van der Waals surface area contributed by atoms with Gasteiger partial charge in [-0.25, -0.2) is 0 Å². The van der Waals surface area contributed by atoms with Gasteiger partial charge in [-0.3, -0.25) is 0 Å². The third-order valence-electron chi connectivity index (χ3n) is 1.59. The molecule has 0 N–H and O–H groups in total. The van der Waals surface area contributed by atoms with Crippen LogP contribution >= 0.6 is 11.8 Å². The summed E-state index contributed by atoms with van der Waals surface area (Å²) in [5.41, 5.74) is 0.417. The van der Waals surface area contributed by atoms with Crippen LogP contribution in [-0.4, -0.2) is 19.1 Å². The van der Waals surface area contributed by atoms with Crippen LogP contribution in [0.2, 0.25) is 0 Å². The Kier molecular flexibility index (Phi) is 8.87.